The van der Waals surface area contributed by atoms with E-state index in [2.05, 4.69) is 0 Å². The number of hydrogen-bond donors (Lipinski definition) is 0. The Hall–Kier alpha value is -1.90. The van der Waals surface area contributed by atoms with Gasteiger partial charge in [-0.1, -0.05) is 36.4 Å². The van der Waals surface area contributed by atoms with Crippen LogP contribution >= 0.6 is 0 Å². The van der Waals surface area contributed by atoms with Gasteiger partial charge in [0.15, 0.2) is 0 Å². The van der Waals surface area contributed by atoms with E-state index in [1.54, 1.807) is 6.08 Å². The number of benzene rings is 1. The van der Waals surface area contributed by atoms with Crippen LogP contribution in [-0.2, 0) is 9.53 Å². The lowest BCUT2D eigenvalue weighted by Gasteiger charge is -2.27. The molecule has 0 aliphatic heterocycles. The summed E-state index contributed by atoms with van der Waals surface area (Å²) in [5.74, 6) is -1.46. The zero-order valence-corrected chi connectivity index (χ0v) is 12.0. The summed E-state index contributed by atoms with van der Waals surface area (Å²) in [4.78, 5) is 12.3. The molecule has 1 aromatic carbocycles. The molecule has 2 rings (SSSR count). The van der Waals surface area contributed by atoms with Crippen molar-refractivity contribution in [1.82, 2.24) is 0 Å². The molecule has 0 radical (unpaired) electrons. The van der Waals surface area contributed by atoms with E-state index in [0.29, 0.717) is 0 Å². The number of ether oxygens (including phenoxy) is 1. The highest BCUT2D eigenvalue weighted by Gasteiger charge is 2.32. The first-order valence-corrected chi connectivity index (χ1v) is 6.70. The van der Waals surface area contributed by atoms with Crippen LogP contribution in [0.15, 0.2) is 54.4 Å². The van der Waals surface area contributed by atoms with Gasteiger partial charge < -0.3 is 4.74 Å². The highest BCUT2D eigenvalue weighted by atomic mass is 19.1. The molecule has 20 heavy (non-hydrogen) atoms. The molecule has 0 fully saturated rings. The Morgan fingerprint density at radius 2 is 1.85 bits per heavy atom. The maximum Gasteiger partial charge on any atom is 0.314 e. The van der Waals surface area contributed by atoms with E-state index in [1.807, 2.05) is 51.1 Å². The maximum absolute atomic E-state index is 13.5. The quantitative estimate of drug-likeness (QED) is 0.757. The van der Waals surface area contributed by atoms with Crippen LogP contribution < -0.4 is 0 Å². The molecule has 1 aliphatic carbocycles. The monoisotopic (exact) mass is 274 g/mol. The fourth-order valence-corrected chi connectivity index (χ4v) is 2.22. The Morgan fingerprint density at radius 1 is 1.20 bits per heavy atom. The van der Waals surface area contributed by atoms with E-state index >= 15 is 0 Å². The van der Waals surface area contributed by atoms with E-state index in [9.17, 15) is 9.18 Å². The van der Waals surface area contributed by atoms with Crippen molar-refractivity contribution in [1.29, 1.82) is 0 Å². The number of allylic oxidation sites excluding steroid dienone is 3. The van der Waals surface area contributed by atoms with Crippen molar-refractivity contribution in [3.05, 3.63) is 60.0 Å². The Kier molecular flexibility index (Phi) is 4.07. The van der Waals surface area contributed by atoms with Gasteiger partial charge in [0.2, 0.25) is 0 Å². The number of halogens is 1. The summed E-state index contributed by atoms with van der Waals surface area (Å²) in [6, 6.07) is 9.44. The van der Waals surface area contributed by atoms with Gasteiger partial charge in [0.25, 0.3) is 0 Å². The van der Waals surface area contributed by atoms with Crippen LogP contribution in [0.4, 0.5) is 4.39 Å². The minimum atomic E-state index is -0.550. The van der Waals surface area contributed by atoms with Crippen LogP contribution in [0.25, 0.3) is 0 Å². The summed E-state index contributed by atoms with van der Waals surface area (Å²) >= 11 is 0. The second-order valence-corrected chi connectivity index (χ2v) is 5.91. The molecule has 1 aromatic rings. The normalized spacial score (nSPS) is 22.3. The van der Waals surface area contributed by atoms with E-state index in [4.69, 9.17) is 4.74 Å². The fourth-order valence-electron chi connectivity index (χ4n) is 2.22. The third kappa shape index (κ3) is 3.56. The lowest BCUT2D eigenvalue weighted by Crippen LogP contribution is -2.31. The third-order valence-corrected chi connectivity index (χ3v) is 3.05. The molecule has 0 N–H and O–H groups in total. The van der Waals surface area contributed by atoms with Crippen molar-refractivity contribution >= 4 is 5.97 Å². The Labute approximate surface area is 119 Å². The molecule has 106 valence electrons. The molecule has 3 heteroatoms. The largest absolute Gasteiger partial charge is 0.459 e. The van der Waals surface area contributed by atoms with Crippen LogP contribution in [0.1, 0.15) is 32.3 Å². The van der Waals surface area contributed by atoms with E-state index in [-0.39, 0.29) is 17.7 Å². The van der Waals surface area contributed by atoms with E-state index in [0.717, 1.165) is 5.56 Å². The Bertz CT molecular complexity index is 538. The average Bonchev–Trinajstić information content (AvgIpc) is 2.37. The molecular formula is C17H19FO2. The molecule has 0 bridgehead atoms. The molecule has 0 spiro atoms. The molecule has 0 heterocycles. The van der Waals surface area contributed by atoms with Gasteiger partial charge in [0, 0.05) is 5.92 Å². The average molecular weight is 274 g/mol. The van der Waals surface area contributed by atoms with E-state index in [1.165, 1.54) is 12.2 Å². The molecular weight excluding hydrogens is 255 g/mol. The van der Waals surface area contributed by atoms with Crippen molar-refractivity contribution in [3.8, 4) is 0 Å². The lowest BCUT2D eigenvalue weighted by molar-refractivity contribution is -0.158. The molecule has 0 amide bonds. The summed E-state index contributed by atoms with van der Waals surface area (Å²) in [6.07, 6.45) is 4.39. The highest BCUT2D eigenvalue weighted by Crippen LogP contribution is 2.34. The number of carbonyl (C=O) groups is 1. The van der Waals surface area contributed by atoms with Crippen LogP contribution in [0, 0.1) is 5.92 Å². The maximum atomic E-state index is 13.5. The summed E-state index contributed by atoms with van der Waals surface area (Å²) in [5.41, 5.74) is 0.356. The zero-order valence-electron chi connectivity index (χ0n) is 12.0. The number of carbonyl (C=O) groups excluding carboxylic acids is 1. The van der Waals surface area contributed by atoms with Crippen LogP contribution in [-0.4, -0.2) is 11.6 Å². The van der Waals surface area contributed by atoms with Crippen molar-refractivity contribution in [2.45, 2.75) is 32.3 Å². The zero-order chi connectivity index (χ0) is 14.8. The van der Waals surface area contributed by atoms with Crippen LogP contribution in [0.2, 0.25) is 0 Å². The topological polar surface area (TPSA) is 26.3 Å². The third-order valence-electron chi connectivity index (χ3n) is 3.05. The Morgan fingerprint density at radius 3 is 2.45 bits per heavy atom. The summed E-state index contributed by atoms with van der Waals surface area (Å²) < 4.78 is 18.9. The smallest absolute Gasteiger partial charge is 0.314 e. The van der Waals surface area contributed by atoms with Gasteiger partial charge in [-0.3, -0.25) is 4.79 Å². The Balaban J connectivity index is 2.27. The molecule has 1 aliphatic rings. The fraction of sp³-hybridized carbons (Fsp3) is 0.353. The lowest BCUT2D eigenvalue weighted by atomic mass is 9.82. The molecule has 0 saturated heterocycles. The first-order valence-electron chi connectivity index (χ1n) is 6.70. The minimum absolute atomic E-state index is 0.321. The van der Waals surface area contributed by atoms with Gasteiger partial charge in [-0.25, -0.2) is 4.39 Å². The summed E-state index contributed by atoms with van der Waals surface area (Å²) in [6.45, 7) is 5.47. The molecule has 2 unspecified atom stereocenters. The predicted octanol–water partition coefficient (Wildman–Crippen LogP) is 4.15. The van der Waals surface area contributed by atoms with Crippen molar-refractivity contribution in [3.63, 3.8) is 0 Å². The summed E-state index contributed by atoms with van der Waals surface area (Å²) in [7, 11) is 0. The molecule has 2 atom stereocenters. The molecule has 2 nitrogen and oxygen atoms in total. The van der Waals surface area contributed by atoms with Gasteiger partial charge in [0.05, 0.1) is 5.92 Å². The second kappa shape index (κ2) is 5.61. The summed E-state index contributed by atoms with van der Waals surface area (Å²) in [5, 5.41) is 0. The minimum Gasteiger partial charge on any atom is -0.459 e. The van der Waals surface area contributed by atoms with Gasteiger partial charge in [-0.2, -0.15) is 0 Å². The van der Waals surface area contributed by atoms with Gasteiger partial charge in [0.1, 0.15) is 11.4 Å². The SMILES string of the molecule is CC(C)(C)OC(=O)C1C=CC(F)=CC1c1ccccc1. The highest BCUT2D eigenvalue weighted by molar-refractivity contribution is 5.77. The number of rotatable bonds is 2. The number of esters is 1. The first kappa shape index (κ1) is 14.5. The molecule has 0 aromatic heterocycles. The van der Waals surface area contributed by atoms with Crippen LogP contribution in [0.3, 0.4) is 0 Å². The van der Waals surface area contributed by atoms with Gasteiger partial charge in [-0.15, -0.1) is 0 Å². The predicted molar refractivity (Wildman–Crippen MR) is 76.8 cm³/mol. The second-order valence-electron chi connectivity index (χ2n) is 5.91. The van der Waals surface area contributed by atoms with Crippen molar-refractivity contribution in [2.24, 2.45) is 5.92 Å². The van der Waals surface area contributed by atoms with Gasteiger partial charge >= 0.3 is 5.97 Å². The first-order chi connectivity index (χ1) is 9.37. The van der Waals surface area contributed by atoms with Gasteiger partial charge in [-0.05, 0) is 38.5 Å². The van der Waals surface area contributed by atoms with E-state index < -0.39 is 11.5 Å². The number of hydrogen-bond acceptors (Lipinski definition) is 2. The standard InChI is InChI=1S/C17H19FO2/c1-17(2,3)20-16(19)14-10-9-13(18)11-15(14)12-7-5-4-6-8-12/h4-11,14-15H,1-3H3. The van der Waals surface area contributed by atoms with Crippen molar-refractivity contribution in [2.75, 3.05) is 0 Å². The van der Waals surface area contributed by atoms with Crippen LogP contribution in [0.5, 0.6) is 0 Å². The molecule has 0 saturated carbocycles. The van der Waals surface area contributed by atoms with Crippen molar-refractivity contribution < 1.29 is 13.9 Å².